The van der Waals surface area contributed by atoms with Crippen molar-refractivity contribution in [1.82, 2.24) is 14.8 Å². The molecule has 0 bridgehead atoms. The van der Waals surface area contributed by atoms with Crippen molar-refractivity contribution in [2.24, 2.45) is 0 Å². The molecule has 0 aliphatic carbocycles. The normalized spacial score (nSPS) is 10.8. The topological polar surface area (TPSA) is 68.0 Å². The maximum atomic E-state index is 10.6. The molecule has 0 amide bonds. The Kier molecular flexibility index (Phi) is 7.55. The number of carbonyl (C=O) groups is 1. The molecular formula is C13H23N3O2S. The molecule has 0 fully saturated rings. The van der Waals surface area contributed by atoms with Gasteiger partial charge in [-0.2, -0.15) is 0 Å². The van der Waals surface area contributed by atoms with Gasteiger partial charge >= 0.3 is 5.97 Å². The average Bonchev–Trinajstić information content (AvgIpc) is 2.75. The van der Waals surface area contributed by atoms with Crippen molar-refractivity contribution in [2.75, 3.05) is 5.75 Å². The molecule has 0 saturated carbocycles. The zero-order valence-electron chi connectivity index (χ0n) is 11.8. The third-order valence-corrected chi connectivity index (χ3v) is 3.77. The Bertz CT molecular complexity index is 393. The molecule has 1 N–H and O–H groups in total. The van der Waals surface area contributed by atoms with E-state index in [-0.39, 0.29) is 5.75 Å². The number of carboxylic acids is 1. The van der Waals surface area contributed by atoms with Gasteiger partial charge in [0.05, 0.1) is 5.75 Å². The Labute approximate surface area is 118 Å². The van der Waals surface area contributed by atoms with Crippen molar-refractivity contribution < 1.29 is 9.90 Å². The highest BCUT2D eigenvalue weighted by atomic mass is 32.2. The van der Waals surface area contributed by atoms with Gasteiger partial charge in [-0.15, -0.1) is 10.2 Å². The Morgan fingerprint density at radius 3 is 2.63 bits per heavy atom. The first-order chi connectivity index (χ1) is 9.19. The minimum atomic E-state index is -0.819. The van der Waals surface area contributed by atoms with Crippen LogP contribution in [0.5, 0.6) is 0 Å². The molecule has 0 spiro atoms. The molecule has 1 heterocycles. The molecule has 1 aromatic rings. The Morgan fingerprint density at radius 1 is 1.21 bits per heavy atom. The molecule has 5 nitrogen and oxygen atoms in total. The fourth-order valence-corrected chi connectivity index (χ4v) is 2.60. The van der Waals surface area contributed by atoms with E-state index in [0.29, 0.717) is 0 Å². The SMILES string of the molecule is CCCCCCc1nnc(SCC(=O)O)n1CCC. The standard InChI is InChI=1S/C13H23N3O2S/c1-3-5-6-7-8-11-14-15-13(16(11)9-4-2)19-10-12(17)18/h3-10H2,1-2H3,(H,17,18). The number of aliphatic carboxylic acids is 1. The highest BCUT2D eigenvalue weighted by molar-refractivity contribution is 7.99. The highest BCUT2D eigenvalue weighted by Crippen LogP contribution is 2.18. The minimum Gasteiger partial charge on any atom is -0.481 e. The molecule has 1 rings (SSSR count). The van der Waals surface area contributed by atoms with Gasteiger partial charge in [-0.3, -0.25) is 4.79 Å². The van der Waals surface area contributed by atoms with Gasteiger partial charge in [-0.25, -0.2) is 0 Å². The maximum Gasteiger partial charge on any atom is 0.313 e. The first kappa shape index (κ1) is 16.0. The second kappa shape index (κ2) is 8.96. The van der Waals surface area contributed by atoms with Gasteiger partial charge in [0.2, 0.25) is 0 Å². The van der Waals surface area contributed by atoms with E-state index in [0.717, 1.165) is 36.8 Å². The van der Waals surface area contributed by atoms with Gasteiger partial charge in [0.1, 0.15) is 5.82 Å². The van der Waals surface area contributed by atoms with E-state index < -0.39 is 5.97 Å². The van der Waals surface area contributed by atoms with E-state index in [2.05, 4.69) is 28.6 Å². The highest BCUT2D eigenvalue weighted by Gasteiger charge is 2.12. The number of thioether (sulfide) groups is 1. The number of hydrogen-bond donors (Lipinski definition) is 1. The Balaban J connectivity index is 2.61. The van der Waals surface area contributed by atoms with Gasteiger partial charge < -0.3 is 9.67 Å². The van der Waals surface area contributed by atoms with Crippen LogP contribution in [0.15, 0.2) is 5.16 Å². The van der Waals surface area contributed by atoms with Crippen molar-refractivity contribution in [3.05, 3.63) is 5.82 Å². The number of rotatable bonds is 10. The lowest BCUT2D eigenvalue weighted by Gasteiger charge is -2.07. The fraction of sp³-hybridized carbons (Fsp3) is 0.769. The summed E-state index contributed by atoms with van der Waals surface area (Å²) < 4.78 is 2.07. The lowest BCUT2D eigenvalue weighted by Crippen LogP contribution is -2.06. The Morgan fingerprint density at radius 2 is 2.00 bits per heavy atom. The van der Waals surface area contributed by atoms with Crippen LogP contribution >= 0.6 is 11.8 Å². The summed E-state index contributed by atoms with van der Waals surface area (Å²) in [4.78, 5) is 10.6. The summed E-state index contributed by atoms with van der Waals surface area (Å²) in [5.74, 6) is 0.212. The van der Waals surface area contributed by atoms with Gasteiger partial charge in [-0.1, -0.05) is 44.9 Å². The van der Waals surface area contributed by atoms with Crippen LogP contribution in [-0.4, -0.2) is 31.6 Å². The summed E-state index contributed by atoms with van der Waals surface area (Å²) in [6.07, 6.45) is 6.75. The zero-order chi connectivity index (χ0) is 14.1. The predicted molar refractivity (Wildman–Crippen MR) is 76.5 cm³/mol. The molecule has 0 unspecified atom stereocenters. The smallest absolute Gasteiger partial charge is 0.313 e. The number of aromatic nitrogens is 3. The number of nitrogens with zero attached hydrogens (tertiary/aromatic N) is 3. The zero-order valence-corrected chi connectivity index (χ0v) is 12.6. The Hall–Kier alpha value is -1.04. The number of aryl methyl sites for hydroxylation is 1. The summed E-state index contributed by atoms with van der Waals surface area (Å²) in [7, 11) is 0. The predicted octanol–water partition coefficient (Wildman–Crippen LogP) is 2.99. The summed E-state index contributed by atoms with van der Waals surface area (Å²) in [6, 6.07) is 0. The summed E-state index contributed by atoms with van der Waals surface area (Å²) in [6.45, 7) is 5.16. The van der Waals surface area contributed by atoms with Crippen LogP contribution in [0.4, 0.5) is 0 Å². The minimum absolute atomic E-state index is 0.0394. The van der Waals surface area contributed by atoms with Crippen LogP contribution in [0.3, 0.4) is 0 Å². The van der Waals surface area contributed by atoms with Crippen LogP contribution in [0, 0.1) is 0 Å². The first-order valence-electron chi connectivity index (χ1n) is 6.95. The molecule has 0 radical (unpaired) electrons. The van der Waals surface area contributed by atoms with Crippen molar-refractivity contribution >= 4 is 17.7 Å². The molecule has 0 saturated heterocycles. The molecule has 6 heteroatoms. The molecule has 0 aliphatic heterocycles. The van der Waals surface area contributed by atoms with Gasteiger partial charge in [-0.05, 0) is 12.8 Å². The van der Waals surface area contributed by atoms with Crippen molar-refractivity contribution in [1.29, 1.82) is 0 Å². The molecule has 0 aliphatic rings. The molecular weight excluding hydrogens is 262 g/mol. The summed E-state index contributed by atoms with van der Waals surface area (Å²) >= 11 is 1.25. The van der Waals surface area contributed by atoms with E-state index in [1.54, 1.807) is 0 Å². The monoisotopic (exact) mass is 285 g/mol. The van der Waals surface area contributed by atoms with E-state index >= 15 is 0 Å². The summed E-state index contributed by atoms with van der Waals surface area (Å²) in [5, 5.41) is 17.8. The van der Waals surface area contributed by atoms with Crippen molar-refractivity contribution in [2.45, 2.75) is 64.1 Å². The van der Waals surface area contributed by atoms with E-state index in [4.69, 9.17) is 5.11 Å². The van der Waals surface area contributed by atoms with Crippen LogP contribution in [0.1, 0.15) is 51.8 Å². The molecule has 19 heavy (non-hydrogen) atoms. The largest absolute Gasteiger partial charge is 0.481 e. The summed E-state index contributed by atoms with van der Waals surface area (Å²) in [5.41, 5.74) is 0. The number of unbranched alkanes of at least 4 members (excludes halogenated alkanes) is 3. The number of carboxylic acid groups (broad SMARTS) is 1. The van der Waals surface area contributed by atoms with Gasteiger partial charge in [0.25, 0.3) is 0 Å². The quantitative estimate of drug-likeness (QED) is 0.528. The second-order valence-electron chi connectivity index (χ2n) is 4.54. The van der Waals surface area contributed by atoms with Crippen molar-refractivity contribution in [3.8, 4) is 0 Å². The molecule has 0 atom stereocenters. The average molecular weight is 285 g/mol. The second-order valence-corrected chi connectivity index (χ2v) is 5.49. The fourth-order valence-electron chi connectivity index (χ4n) is 1.90. The van der Waals surface area contributed by atoms with Crippen LogP contribution < -0.4 is 0 Å². The van der Waals surface area contributed by atoms with Crippen LogP contribution in [0.25, 0.3) is 0 Å². The van der Waals surface area contributed by atoms with E-state index in [9.17, 15) is 4.79 Å². The number of hydrogen-bond acceptors (Lipinski definition) is 4. The molecule has 0 aromatic carbocycles. The van der Waals surface area contributed by atoms with Gasteiger partial charge in [0.15, 0.2) is 5.16 Å². The molecule has 108 valence electrons. The lowest BCUT2D eigenvalue weighted by atomic mass is 10.1. The van der Waals surface area contributed by atoms with Crippen LogP contribution in [0.2, 0.25) is 0 Å². The maximum absolute atomic E-state index is 10.6. The third-order valence-electron chi connectivity index (χ3n) is 2.82. The lowest BCUT2D eigenvalue weighted by molar-refractivity contribution is -0.133. The van der Waals surface area contributed by atoms with Crippen LogP contribution in [-0.2, 0) is 17.8 Å². The van der Waals surface area contributed by atoms with E-state index in [1.165, 1.54) is 31.0 Å². The van der Waals surface area contributed by atoms with Gasteiger partial charge in [0, 0.05) is 13.0 Å². The van der Waals surface area contributed by atoms with Crippen molar-refractivity contribution in [3.63, 3.8) is 0 Å². The van der Waals surface area contributed by atoms with E-state index in [1.807, 2.05) is 0 Å². The third kappa shape index (κ3) is 5.63. The first-order valence-corrected chi connectivity index (χ1v) is 7.94. The molecule has 1 aromatic heterocycles.